The lowest BCUT2D eigenvalue weighted by atomic mass is 9.79. The average molecular weight is 263 g/mol. The van der Waals surface area contributed by atoms with Gasteiger partial charge in [-0.05, 0) is 63.5 Å². The maximum atomic E-state index is 4.49. The van der Waals surface area contributed by atoms with Gasteiger partial charge in [-0.3, -0.25) is 4.68 Å². The van der Waals surface area contributed by atoms with Gasteiger partial charge < -0.3 is 5.32 Å². The SMILES string of the molecule is Cc1nn(C)c(C)c1CCN[C@@H]1CC[C@@H](C)[C@@H](C)C1. The molecule has 0 aliphatic heterocycles. The highest BCUT2D eigenvalue weighted by atomic mass is 15.3. The third-order valence-electron chi connectivity index (χ3n) is 5.07. The predicted molar refractivity (Wildman–Crippen MR) is 80.4 cm³/mol. The largest absolute Gasteiger partial charge is 0.314 e. The monoisotopic (exact) mass is 263 g/mol. The Hall–Kier alpha value is -0.830. The number of rotatable bonds is 4. The minimum atomic E-state index is 0.725. The number of aryl methyl sites for hydroxylation is 2. The van der Waals surface area contributed by atoms with E-state index in [2.05, 4.69) is 38.1 Å². The summed E-state index contributed by atoms with van der Waals surface area (Å²) in [6, 6.07) is 0.725. The van der Waals surface area contributed by atoms with E-state index in [-0.39, 0.29) is 0 Å². The number of hydrogen-bond acceptors (Lipinski definition) is 2. The second kappa shape index (κ2) is 6.08. The standard InChI is InChI=1S/C16H29N3/c1-11-6-7-15(10-12(11)2)17-9-8-16-13(3)18-19(5)14(16)4/h11-12,15,17H,6-10H2,1-5H3/t11-,12+,15-/m1/s1. The third kappa shape index (κ3) is 3.38. The zero-order valence-electron chi connectivity index (χ0n) is 13.2. The van der Waals surface area contributed by atoms with Crippen LogP contribution in [0.5, 0.6) is 0 Å². The van der Waals surface area contributed by atoms with Crippen LogP contribution in [0, 0.1) is 25.7 Å². The van der Waals surface area contributed by atoms with Crippen LogP contribution in [0.3, 0.4) is 0 Å². The molecule has 3 atom stereocenters. The van der Waals surface area contributed by atoms with E-state index in [1.54, 1.807) is 0 Å². The Balaban J connectivity index is 1.81. The molecule has 0 radical (unpaired) electrons. The van der Waals surface area contributed by atoms with Crippen molar-refractivity contribution in [1.82, 2.24) is 15.1 Å². The Morgan fingerprint density at radius 2 is 1.95 bits per heavy atom. The molecule has 0 saturated heterocycles. The Bertz CT molecular complexity index is 422. The van der Waals surface area contributed by atoms with Gasteiger partial charge in [-0.25, -0.2) is 0 Å². The van der Waals surface area contributed by atoms with Crippen molar-refractivity contribution in [2.75, 3.05) is 6.54 Å². The molecule has 1 aromatic heterocycles. The molecular formula is C16H29N3. The molecule has 1 saturated carbocycles. The van der Waals surface area contributed by atoms with E-state index in [0.717, 1.165) is 30.8 Å². The molecule has 1 aliphatic carbocycles. The van der Waals surface area contributed by atoms with Gasteiger partial charge in [0.05, 0.1) is 5.69 Å². The summed E-state index contributed by atoms with van der Waals surface area (Å²) >= 11 is 0. The molecule has 1 aliphatic rings. The van der Waals surface area contributed by atoms with Crippen LogP contribution >= 0.6 is 0 Å². The van der Waals surface area contributed by atoms with E-state index in [1.165, 1.54) is 36.2 Å². The highest BCUT2D eigenvalue weighted by molar-refractivity contribution is 5.24. The molecule has 19 heavy (non-hydrogen) atoms. The number of nitrogens with one attached hydrogen (secondary N) is 1. The van der Waals surface area contributed by atoms with E-state index in [1.807, 2.05) is 11.7 Å². The van der Waals surface area contributed by atoms with Crippen molar-refractivity contribution in [1.29, 1.82) is 0 Å². The molecule has 0 spiro atoms. The van der Waals surface area contributed by atoms with Crippen LogP contribution < -0.4 is 5.32 Å². The molecule has 1 aromatic rings. The topological polar surface area (TPSA) is 29.9 Å². The second-order valence-electron chi connectivity index (χ2n) is 6.44. The van der Waals surface area contributed by atoms with Crippen molar-refractivity contribution in [3.63, 3.8) is 0 Å². The maximum absolute atomic E-state index is 4.49. The van der Waals surface area contributed by atoms with Crippen molar-refractivity contribution in [2.24, 2.45) is 18.9 Å². The predicted octanol–water partition coefficient (Wildman–Crippen LogP) is 2.99. The van der Waals surface area contributed by atoms with Crippen LogP contribution in [0.4, 0.5) is 0 Å². The normalized spacial score (nSPS) is 27.7. The van der Waals surface area contributed by atoms with E-state index < -0.39 is 0 Å². The zero-order valence-corrected chi connectivity index (χ0v) is 13.2. The van der Waals surface area contributed by atoms with Crippen LogP contribution in [0.25, 0.3) is 0 Å². The van der Waals surface area contributed by atoms with E-state index in [9.17, 15) is 0 Å². The molecule has 0 unspecified atom stereocenters. The molecular weight excluding hydrogens is 234 g/mol. The first kappa shape index (κ1) is 14.6. The Labute approximate surface area is 117 Å². The van der Waals surface area contributed by atoms with Crippen molar-refractivity contribution in [3.05, 3.63) is 17.0 Å². The van der Waals surface area contributed by atoms with Gasteiger partial charge in [0.1, 0.15) is 0 Å². The lowest BCUT2D eigenvalue weighted by Gasteiger charge is -2.32. The molecule has 2 rings (SSSR count). The molecule has 0 amide bonds. The second-order valence-corrected chi connectivity index (χ2v) is 6.44. The first-order chi connectivity index (χ1) is 8.99. The van der Waals surface area contributed by atoms with Gasteiger partial charge >= 0.3 is 0 Å². The van der Waals surface area contributed by atoms with Gasteiger partial charge in [0.15, 0.2) is 0 Å². The van der Waals surface area contributed by atoms with E-state index in [4.69, 9.17) is 0 Å². The van der Waals surface area contributed by atoms with Crippen molar-refractivity contribution >= 4 is 0 Å². The molecule has 3 heteroatoms. The third-order valence-corrected chi connectivity index (χ3v) is 5.07. The van der Waals surface area contributed by atoms with Crippen LogP contribution in [-0.4, -0.2) is 22.4 Å². The van der Waals surface area contributed by atoms with Gasteiger partial charge in [-0.2, -0.15) is 5.10 Å². The lowest BCUT2D eigenvalue weighted by Crippen LogP contribution is -2.37. The summed E-state index contributed by atoms with van der Waals surface area (Å²) in [6.07, 6.45) is 5.17. The first-order valence-electron chi connectivity index (χ1n) is 7.71. The lowest BCUT2D eigenvalue weighted by molar-refractivity contribution is 0.227. The van der Waals surface area contributed by atoms with Crippen LogP contribution in [0.1, 0.15) is 50.1 Å². The van der Waals surface area contributed by atoms with Crippen LogP contribution in [-0.2, 0) is 13.5 Å². The Kier molecular flexibility index (Phi) is 4.67. The van der Waals surface area contributed by atoms with Crippen molar-refractivity contribution < 1.29 is 0 Å². The fourth-order valence-corrected chi connectivity index (χ4v) is 3.31. The molecule has 0 aromatic carbocycles. The summed E-state index contributed by atoms with van der Waals surface area (Å²) in [7, 11) is 2.03. The molecule has 0 bridgehead atoms. The minimum Gasteiger partial charge on any atom is -0.314 e. The van der Waals surface area contributed by atoms with Gasteiger partial charge in [-0.1, -0.05) is 13.8 Å². The highest BCUT2D eigenvalue weighted by Gasteiger charge is 2.23. The summed E-state index contributed by atoms with van der Waals surface area (Å²) in [5.41, 5.74) is 3.92. The van der Waals surface area contributed by atoms with Crippen molar-refractivity contribution in [3.8, 4) is 0 Å². The van der Waals surface area contributed by atoms with Gasteiger partial charge in [-0.15, -0.1) is 0 Å². The minimum absolute atomic E-state index is 0.725. The Morgan fingerprint density at radius 3 is 2.53 bits per heavy atom. The number of hydrogen-bond donors (Lipinski definition) is 1. The van der Waals surface area contributed by atoms with Gasteiger partial charge in [0.2, 0.25) is 0 Å². The van der Waals surface area contributed by atoms with Gasteiger partial charge in [0.25, 0.3) is 0 Å². The molecule has 1 N–H and O–H groups in total. The summed E-state index contributed by atoms with van der Waals surface area (Å²) in [5.74, 6) is 1.77. The fourth-order valence-electron chi connectivity index (χ4n) is 3.31. The fraction of sp³-hybridized carbons (Fsp3) is 0.812. The molecule has 1 fully saturated rings. The summed E-state index contributed by atoms with van der Waals surface area (Å²) in [4.78, 5) is 0. The smallest absolute Gasteiger partial charge is 0.0628 e. The quantitative estimate of drug-likeness (QED) is 0.905. The number of nitrogens with zero attached hydrogens (tertiary/aromatic N) is 2. The molecule has 1 heterocycles. The van der Waals surface area contributed by atoms with Crippen LogP contribution in [0.15, 0.2) is 0 Å². The van der Waals surface area contributed by atoms with Crippen molar-refractivity contribution in [2.45, 2.75) is 59.4 Å². The van der Waals surface area contributed by atoms with Gasteiger partial charge in [0, 0.05) is 18.8 Å². The summed E-state index contributed by atoms with van der Waals surface area (Å²) < 4.78 is 2.00. The average Bonchev–Trinajstić information content (AvgIpc) is 2.60. The van der Waals surface area contributed by atoms with Crippen LogP contribution in [0.2, 0.25) is 0 Å². The Morgan fingerprint density at radius 1 is 1.21 bits per heavy atom. The summed E-state index contributed by atoms with van der Waals surface area (Å²) in [6.45, 7) is 10.2. The summed E-state index contributed by atoms with van der Waals surface area (Å²) in [5, 5.41) is 8.23. The van der Waals surface area contributed by atoms with E-state index >= 15 is 0 Å². The molecule has 3 nitrogen and oxygen atoms in total. The first-order valence-corrected chi connectivity index (χ1v) is 7.71. The number of aromatic nitrogens is 2. The molecule has 108 valence electrons. The zero-order chi connectivity index (χ0) is 14.0. The van der Waals surface area contributed by atoms with E-state index in [0.29, 0.717) is 0 Å². The highest BCUT2D eigenvalue weighted by Crippen LogP contribution is 2.29. The maximum Gasteiger partial charge on any atom is 0.0628 e.